The van der Waals surface area contributed by atoms with Crippen LogP contribution in [-0.2, 0) is 11.3 Å². The molecule has 0 spiro atoms. The average Bonchev–Trinajstić information content (AvgIpc) is 2.89. The van der Waals surface area contributed by atoms with Crippen LogP contribution in [0.1, 0.15) is 15.9 Å². The summed E-state index contributed by atoms with van der Waals surface area (Å²) < 4.78 is 5.36. The molecule has 0 aliphatic carbocycles. The number of carbonyl (C=O) groups is 2. The van der Waals surface area contributed by atoms with E-state index in [4.69, 9.17) is 27.9 Å². The van der Waals surface area contributed by atoms with E-state index in [1.165, 1.54) is 6.07 Å². The van der Waals surface area contributed by atoms with Crippen molar-refractivity contribution < 1.29 is 14.3 Å². The third-order valence-electron chi connectivity index (χ3n) is 3.33. The molecule has 0 saturated carbocycles. The standard InChI is InChI=1S/C16H12Cl2N2O3/c17-10-2-4-13(18)14(5-10)23-8-15(21)20-11-3-1-9-7-19-16(22)12(9)6-11/h1-6H,7-8H2,(H,19,22)(H,20,21). The van der Waals surface area contributed by atoms with Gasteiger partial charge < -0.3 is 15.4 Å². The predicted molar refractivity (Wildman–Crippen MR) is 88.2 cm³/mol. The molecule has 0 saturated heterocycles. The van der Waals surface area contributed by atoms with Crippen LogP contribution in [-0.4, -0.2) is 18.4 Å². The number of nitrogens with one attached hydrogen (secondary N) is 2. The molecule has 2 aromatic rings. The summed E-state index contributed by atoms with van der Waals surface area (Å²) in [5.74, 6) is -0.167. The van der Waals surface area contributed by atoms with Gasteiger partial charge in [-0.3, -0.25) is 9.59 Å². The smallest absolute Gasteiger partial charge is 0.262 e. The van der Waals surface area contributed by atoms with Crippen molar-refractivity contribution >= 4 is 40.7 Å². The lowest BCUT2D eigenvalue weighted by atomic mass is 10.1. The molecular formula is C16H12Cl2N2O3. The first-order valence-electron chi connectivity index (χ1n) is 6.82. The Kier molecular flexibility index (Phi) is 4.41. The first-order chi connectivity index (χ1) is 11.0. The van der Waals surface area contributed by atoms with Gasteiger partial charge in [-0.15, -0.1) is 0 Å². The Labute approximate surface area is 142 Å². The van der Waals surface area contributed by atoms with Gasteiger partial charge in [0.15, 0.2) is 6.61 Å². The number of anilines is 1. The molecule has 0 aromatic heterocycles. The first kappa shape index (κ1) is 15.6. The summed E-state index contributed by atoms with van der Waals surface area (Å²) in [6, 6.07) is 9.95. The van der Waals surface area contributed by atoms with Crippen LogP contribution in [0.2, 0.25) is 10.0 Å². The predicted octanol–water partition coefficient (Wildman–Crippen LogP) is 3.25. The van der Waals surface area contributed by atoms with Crippen LogP contribution >= 0.6 is 23.2 Å². The molecule has 0 radical (unpaired) electrons. The lowest BCUT2D eigenvalue weighted by Gasteiger charge is -2.09. The summed E-state index contributed by atoms with van der Waals surface area (Å²) in [5, 5.41) is 6.24. The first-order valence-corrected chi connectivity index (χ1v) is 7.57. The van der Waals surface area contributed by atoms with E-state index in [9.17, 15) is 9.59 Å². The number of fused-ring (bicyclic) bond motifs is 1. The van der Waals surface area contributed by atoms with E-state index in [2.05, 4.69) is 10.6 Å². The van der Waals surface area contributed by atoms with Gasteiger partial charge in [0.25, 0.3) is 11.8 Å². The maximum Gasteiger partial charge on any atom is 0.262 e. The molecule has 1 aliphatic heterocycles. The maximum absolute atomic E-state index is 12.0. The Morgan fingerprint density at radius 2 is 2.04 bits per heavy atom. The molecule has 2 amide bonds. The van der Waals surface area contributed by atoms with E-state index >= 15 is 0 Å². The van der Waals surface area contributed by atoms with Gasteiger partial charge in [-0.2, -0.15) is 0 Å². The number of benzene rings is 2. The summed E-state index contributed by atoms with van der Waals surface area (Å²) in [7, 11) is 0. The van der Waals surface area contributed by atoms with Gasteiger partial charge in [-0.25, -0.2) is 0 Å². The zero-order chi connectivity index (χ0) is 16.4. The van der Waals surface area contributed by atoms with Crippen LogP contribution in [0.4, 0.5) is 5.69 Å². The molecule has 3 rings (SSSR count). The molecule has 5 nitrogen and oxygen atoms in total. The van der Waals surface area contributed by atoms with Crippen molar-refractivity contribution in [3.05, 3.63) is 57.6 Å². The van der Waals surface area contributed by atoms with Gasteiger partial charge in [0.05, 0.1) is 5.02 Å². The van der Waals surface area contributed by atoms with E-state index in [1.807, 2.05) is 0 Å². The number of amides is 2. The van der Waals surface area contributed by atoms with E-state index in [-0.39, 0.29) is 18.4 Å². The van der Waals surface area contributed by atoms with Gasteiger partial charge >= 0.3 is 0 Å². The van der Waals surface area contributed by atoms with Crippen molar-refractivity contribution in [1.29, 1.82) is 0 Å². The molecule has 23 heavy (non-hydrogen) atoms. The lowest BCUT2D eigenvalue weighted by Crippen LogP contribution is -2.20. The Morgan fingerprint density at radius 3 is 2.87 bits per heavy atom. The number of carbonyl (C=O) groups excluding carboxylic acids is 2. The van der Waals surface area contributed by atoms with Crippen LogP contribution in [0.25, 0.3) is 0 Å². The molecule has 1 heterocycles. The summed E-state index contributed by atoms with van der Waals surface area (Å²) in [4.78, 5) is 23.6. The molecule has 0 atom stereocenters. The molecule has 0 unspecified atom stereocenters. The molecule has 7 heteroatoms. The number of hydrogen-bond acceptors (Lipinski definition) is 3. The zero-order valence-corrected chi connectivity index (χ0v) is 13.4. The zero-order valence-electron chi connectivity index (χ0n) is 11.9. The second kappa shape index (κ2) is 6.48. The Bertz CT molecular complexity index is 793. The highest BCUT2D eigenvalue weighted by Gasteiger charge is 2.19. The SMILES string of the molecule is O=C(COc1cc(Cl)ccc1Cl)Nc1ccc2c(c1)C(=O)NC2. The normalized spacial score (nSPS) is 12.5. The number of rotatable bonds is 4. The van der Waals surface area contributed by atoms with E-state index in [0.717, 1.165) is 5.56 Å². The quantitative estimate of drug-likeness (QED) is 0.889. The van der Waals surface area contributed by atoms with Gasteiger partial charge in [-0.1, -0.05) is 29.3 Å². The maximum atomic E-state index is 12.0. The van der Waals surface area contributed by atoms with Crippen molar-refractivity contribution in [3.8, 4) is 5.75 Å². The van der Waals surface area contributed by atoms with Crippen molar-refractivity contribution in [2.75, 3.05) is 11.9 Å². The van der Waals surface area contributed by atoms with E-state index in [1.54, 1.807) is 30.3 Å². The third-order valence-corrected chi connectivity index (χ3v) is 3.88. The van der Waals surface area contributed by atoms with E-state index < -0.39 is 0 Å². The monoisotopic (exact) mass is 350 g/mol. The Morgan fingerprint density at radius 1 is 1.22 bits per heavy atom. The number of halogens is 2. The topological polar surface area (TPSA) is 67.4 Å². The Hall–Kier alpha value is -2.24. The molecule has 2 N–H and O–H groups in total. The summed E-state index contributed by atoms with van der Waals surface area (Å²) in [6.45, 7) is 0.294. The van der Waals surface area contributed by atoms with Crippen LogP contribution in [0.5, 0.6) is 5.75 Å². The molecule has 118 valence electrons. The fourth-order valence-corrected chi connectivity index (χ4v) is 2.55. The molecule has 2 aromatic carbocycles. The minimum atomic E-state index is -0.362. The van der Waals surface area contributed by atoms with Crippen molar-refractivity contribution in [1.82, 2.24) is 5.32 Å². The largest absolute Gasteiger partial charge is 0.482 e. The van der Waals surface area contributed by atoms with Crippen LogP contribution in [0.15, 0.2) is 36.4 Å². The van der Waals surface area contributed by atoms with Gasteiger partial charge in [0.1, 0.15) is 5.75 Å². The van der Waals surface area contributed by atoms with Crippen molar-refractivity contribution in [3.63, 3.8) is 0 Å². The van der Waals surface area contributed by atoms with Crippen LogP contribution in [0.3, 0.4) is 0 Å². The third kappa shape index (κ3) is 3.57. The molecule has 1 aliphatic rings. The van der Waals surface area contributed by atoms with Crippen molar-refractivity contribution in [2.45, 2.75) is 6.54 Å². The minimum Gasteiger partial charge on any atom is -0.482 e. The fraction of sp³-hybridized carbons (Fsp3) is 0.125. The Balaban J connectivity index is 1.63. The lowest BCUT2D eigenvalue weighted by molar-refractivity contribution is -0.118. The second-order valence-electron chi connectivity index (χ2n) is 4.97. The molecular weight excluding hydrogens is 339 g/mol. The minimum absolute atomic E-state index is 0.141. The average molecular weight is 351 g/mol. The molecule has 0 bridgehead atoms. The number of ether oxygens (including phenoxy) is 1. The van der Waals surface area contributed by atoms with Crippen LogP contribution in [0, 0.1) is 0 Å². The highest BCUT2D eigenvalue weighted by Crippen LogP contribution is 2.27. The second-order valence-corrected chi connectivity index (χ2v) is 5.81. The van der Waals surface area contributed by atoms with Gasteiger partial charge in [-0.05, 0) is 29.8 Å². The van der Waals surface area contributed by atoms with Crippen molar-refractivity contribution in [2.24, 2.45) is 0 Å². The highest BCUT2D eigenvalue weighted by molar-refractivity contribution is 6.34. The number of hydrogen-bond donors (Lipinski definition) is 2. The van der Waals surface area contributed by atoms with E-state index in [0.29, 0.717) is 33.6 Å². The molecule has 0 fully saturated rings. The fourth-order valence-electron chi connectivity index (χ4n) is 2.22. The van der Waals surface area contributed by atoms with Gasteiger partial charge in [0.2, 0.25) is 0 Å². The van der Waals surface area contributed by atoms with Gasteiger partial charge in [0, 0.05) is 28.9 Å². The summed E-state index contributed by atoms with van der Waals surface area (Å²) in [6.07, 6.45) is 0. The van der Waals surface area contributed by atoms with Crippen LogP contribution < -0.4 is 15.4 Å². The summed E-state index contributed by atoms with van der Waals surface area (Å²) in [5.41, 5.74) is 2.02. The summed E-state index contributed by atoms with van der Waals surface area (Å²) >= 11 is 11.8. The highest BCUT2D eigenvalue weighted by atomic mass is 35.5.